The fourth-order valence-electron chi connectivity index (χ4n) is 2.37. The largest absolute Gasteiger partial charge is 0.302 e. The van der Waals surface area contributed by atoms with E-state index in [-0.39, 0.29) is 0 Å². The predicted octanol–water partition coefficient (Wildman–Crippen LogP) is 3.00. The van der Waals surface area contributed by atoms with Gasteiger partial charge < -0.3 is 5.32 Å². The highest BCUT2D eigenvalue weighted by Crippen LogP contribution is 2.19. The summed E-state index contributed by atoms with van der Waals surface area (Å²) in [6.45, 7) is 11.1. The van der Waals surface area contributed by atoms with E-state index in [0.29, 0.717) is 31.0 Å². The maximum atomic E-state index is 13.8. The maximum absolute atomic E-state index is 13.8. The van der Waals surface area contributed by atoms with Gasteiger partial charge in [0.15, 0.2) is 0 Å². The lowest BCUT2D eigenvalue weighted by atomic mass is 9.92. The molecule has 2 N–H and O–H groups in total. The van der Waals surface area contributed by atoms with Gasteiger partial charge in [0, 0.05) is 12.6 Å². The van der Waals surface area contributed by atoms with E-state index < -0.39 is 6.17 Å². The fourth-order valence-corrected chi connectivity index (χ4v) is 2.37. The van der Waals surface area contributed by atoms with Crippen LogP contribution < -0.4 is 10.6 Å². The van der Waals surface area contributed by atoms with E-state index in [2.05, 4.69) is 31.1 Å². The zero-order valence-electron chi connectivity index (χ0n) is 11.4. The highest BCUT2D eigenvalue weighted by molar-refractivity contribution is 4.88. The first-order valence-electron chi connectivity index (χ1n) is 6.77. The molecule has 1 aliphatic rings. The molecule has 0 aliphatic carbocycles. The zero-order chi connectivity index (χ0) is 12.8. The van der Waals surface area contributed by atoms with E-state index in [0.717, 1.165) is 25.0 Å². The molecule has 1 saturated heterocycles. The van der Waals surface area contributed by atoms with Crippen LogP contribution in [0.2, 0.25) is 0 Å². The number of alkyl halides is 1. The molecule has 4 atom stereocenters. The minimum atomic E-state index is -0.681. The quantitative estimate of drug-likeness (QED) is 0.700. The third-order valence-corrected chi connectivity index (χ3v) is 3.53. The topological polar surface area (TPSA) is 24.1 Å². The lowest BCUT2D eigenvalue weighted by molar-refractivity contribution is 0.181. The summed E-state index contributed by atoms with van der Waals surface area (Å²) in [7, 11) is 0. The van der Waals surface area contributed by atoms with Crippen molar-refractivity contribution in [2.24, 2.45) is 5.92 Å². The van der Waals surface area contributed by atoms with Gasteiger partial charge >= 0.3 is 0 Å². The summed E-state index contributed by atoms with van der Waals surface area (Å²) in [4.78, 5) is 0. The molecule has 100 valence electrons. The molecule has 0 bridgehead atoms. The van der Waals surface area contributed by atoms with Crippen LogP contribution in [-0.4, -0.2) is 24.9 Å². The van der Waals surface area contributed by atoms with Gasteiger partial charge in [-0.05, 0) is 45.4 Å². The standard InChI is InChI=1S/C14H27FN2/c1-10(2)6-5-7-13(15)8-14-11(3)9-16-12(4)17-14/h11-14,16-17H,1,5-9H2,2-4H3/t11-,12?,13-,14-/m0/s1. The highest BCUT2D eigenvalue weighted by atomic mass is 19.1. The Morgan fingerprint density at radius 3 is 2.82 bits per heavy atom. The summed E-state index contributed by atoms with van der Waals surface area (Å²) in [5.41, 5.74) is 1.15. The van der Waals surface area contributed by atoms with Crippen LogP contribution in [0.15, 0.2) is 12.2 Å². The molecule has 2 nitrogen and oxygen atoms in total. The van der Waals surface area contributed by atoms with Gasteiger partial charge in [0.2, 0.25) is 0 Å². The number of halogens is 1. The van der Waals surface area contributed by atoms with Gasteiger partial charge in [-0.2, -0.15) is 0 Å². The Hall–Kier alpha value is -0.410. The minimum Gasteiger partial charge on any atom is -0.302 e. The molecule has 1 unspecified atom stereocenters. The van der Waals surface area contributed by atoms with Crippen molar-refractivity contribution in [3.63, 3.8) is 0 Å². The van der Waals surface area contributed by atoms with Crippen molar-refractivity contribution in [3.8, 4) is 0 Å². The van der Waals surface area contributed by atoms with Gasteiger partial charge in [-0.15, -0.1) is 6.58 Å². The Balaban J connectivity index is 2.24. The van der Waals surface area contributed by atoms with Crippen LogP contribution in [0.1, 0.15) is 46.5 Å². The molecule has 1 heterocycles. The molecule has 0 saturated carbocycles. The molecule has 0 aromatic carbocycles. The molecule has 0 spiro atoms. The van der Waals surface area contributed by atoms with Gasteiger partial charge in [-0.25, -0.2) is 4.39 Å². The summed E-state index contributed by atoms with van der Waals surface area (Å²) in [6.07, 6.45) is 2.80. The average molecular weight is 242 g/mol. The van der Waals surface area contributed by atoms with E-state index in [1.165, 1.54) is 0 Å². The smallest absolute Gasteiger partial charge is 0.102 e. The minimum absolute atomic E-state index is 0.304. The monoisotopic (exact) mass is 242 g/mol. The third-order valence-electron chi connectivity index (χ3n) is 3.53. The Kier molecular flexibility index (Phi) is 6.14. The van der Waals surface area contributed by atoms with Gasteiger partial charge in [-0.1, -0.05) is 12.5 Å². The molecule has 1 rings (SSSR count). The predicted molar refractivity (Wildman–Crippen MR) is 71.7 cm³/mol. The van der Waals surface area contributed by atoms with Crippen LogP contribution >= 0.6 is 0 Å². The molecule has 3 heteroatoms. The number of hydrogen-bond donors (Lipinski definition) is 2. The second-order valence-corrected chi connectivity index (χ2v) is 5.56. The Labute approximate surface area is 105 Å². The van der Waals surface area contributed by atoms with Crippen LogP contribution in [0, 0.1) is 5.92 Å². The average Bonchev–Trinajstić information content (AvgIpc) is 2.23. The van der Waals surface area contributed by atoms with E-state index in [1.807, 2.05) is 6.92 Å². The summed E-state index contributed by atoms with van der Waals surface area (Å²) >= 11 is 0. The first-order chi connectivity index (χ1) is 7.99. The van der Waals surface area contributed by atoms with Crippen molar-refractivity contribution >= 4 is 0 Å². The summed E-state index contributed by atoms with van der Waals surface area (Å²) < 4.78 is 13.8. The van der Waals surface area contributed by atoms with Crippen LogP contribution in [0.5, 0.6) is 0 Å². The molecule has 0 aromatic heterocycles. The van der Waals surface area contributed by atoms with Crippen LogP contribution in [0.3, 0.4) is 0 Å². The van der Waals surface area contributed by atoms with E-state index in [1.54, 1.807) is 0 Å². The van der Waals surface area contributed by atoms with Crippen molar-refractivity contribution in [1.82, 2.24) is 10.6 Å². The molecule has 17 heavy (non-hydrogen) atoms. The van der Waals surface area contributed by atoms with Gasteiger partial charge in [-0.3, -0.25) is 5.32 Å². The number of allylic oxidation sites excluding steroid dienone is 1. The Bertz CT molecular complexity index is 242. The molecule has 0 radical (unpaired) electrons. The molecule has 0 aromatic rings. The second-order valence-electron chi connectivity index (χ2n) is 5.56. The summed E-state index contributed by atoms with van der Waals surface area (Å²) in [5, 5.41) is 6.78. The SMILES string of the molecule is C=C(C)CCC[C@H](F)C[C@@H]1NC(C)NC[C@@H]1C. The lowest BCUT2D eigenvalue weighted by Gasteiger charge is -2.36. The third kappa shape index (κ3) is 5.64. The fraction of sp³-hybridized carbons (Fsp3) is 0.857. The Morgan fingerprint density at radius 2 is 2.18 bits per heavy atom. The van der Waals surface area contributed by atoms with Crippen molar-refractivity contribution in [2.75, 3.05) is 6.54 Å². The molecule has 0 amide bonds. The van der Waals surface area contributed by atoms with Crippen molar-refractivity contribution < 1.29 is 4.39 Å². The molecular formula is C14H27FN2. The van der Waals surface area contributed by atoms with E-state index >= 15 is 0 Å². The van der Waals surface area contributed by atoms with Crippen molar-refractivity contribution in [2.45, 2.75) is 64.8 Å². The van der Waals surface area contributed by atoms with Gasteiger partial charge in [0.1, 0.15) is 6.17 Å². The normalized spacial score (nSPS) is 31.2. The first kappa shape index (κ1) is 14.7. The molecule has 1 aliphatic heterocycles. The van der Waals surface area contributed by atoms with E-state index in [9.17, 15) is 4.39 Å². The number of hydrogen-bond acceptors (Lipinski definition) is 2. The zero-order valence-corrected chi connectivity index (χ0v) is 11.4. The van der Waals surface area contributed by atoms with Gasteiger partial charge in [0.25, 0.3) is 0 Å². The molecule has 1 fully saturated rings. The second kappa shape index (κ2) is 7.12. The Morgan fingerprint density at radius 1 is 1.47 bits per heavy atom. The summed E-state index contributed by atoms with van der Waals surface area (Å²) in [6, 6.07) is 0.311. The van der Waals surface area contributed by atoms with Crippen molar-refractivity contribution in [3.05, 3.63) is 12.2 Å². The van der Waals surface area contributed by atoms with E-state index in [4.69, 9.17) is 0 Å². The lowest BCUT2D eigenvalue weighted by Crippen LogP contribution is -2.56. The van der Waals surface area contributed by atoms with Crippen LogP contribution in [0.25, 0.3) is 0 Å². The first-order valence-corrected chi connectivity index (χ1v) is 6.77. The number of nitrogens with one attached hydrogen (secondary N) is 2. The van der Waals surface area contributed by atoms with Crippen molar-refractivity contribution in [1.29, 1.82) is 0 Å². The highest BCUT2D eigenvalue weighted by Gasteiger charge is 2.26. The maximum Gasteiger partial charge on any atom is 0.102 e. The van der Waals surface area contributed by atoms with Crippen LogP contribution in [0.4, 0.5) is 4.39 Å². The van der Waals surface area contributed by atoms with Crippen LogP contribution in [-0.2, 0) is 0 Å². The number of rotatable bonds is 6. The molecular weight excluding hydrogens is 215 g/mol. The summed E-state index contributed by atoms with van der Waals surface area (Å²) in [5.74, 6) is 0.505. The van der Waals surface area contributed by atoms with Gasteiger partial charge in [0.05, 0.1) is 6.17 Å².